The minimum absolute atomic E-state index is 0.189. The molecule has 1 N–H and O–H groups in total. The van der Waals surface area contributed by atoms with Crippen LogP contribution >= 0.6 is 15.9 Å². The molecule has 1 aliphatic rings. The van der Waals surface area contributed by atoms with Crippen LogP contribution in [0.3, 0.4) is 0 Å². The quantitative estimate of drug-likeness (QED) is 0.770. The number of benzene rings is 1. The average molecular weight is 338 g/mol. The Morgan fingerprint density at radius 3 is 2.55 bits per heavy atom. The smallest absolute Gasteiger partial charge is 0.0178 e. The number of rotatable bonds is 5. The molecule has 1 nitrogen and oxygen atoms in total. The Morgan fingerprint density at radius 1 is 1.30 bits per heavy atom. The van der Waals surface area contributed by atoms with E-state index in [9.17, 15) is 0 Å². The van der Waals surface area contributed by atoms with Crippen molar-refractivity contribution in [1.29, 1.82) is 0 Å². The summed E-state index contributed by atoms with van der Waals surface area (Å²) in [6, 6.07) is 8.91. The van der Waals surface area contributed by atoms with E-state index in [1.165, 1.54) is 35.7 Å². The van der Waals surface area contributed by atoms with Crippen molar-refractivity contribution in [2.75, 3.05) is 6.54 Å². The molecule has 2 heteroatoms. The minimum Gasteiger partial charge on any atom is -0.311 e. The van der Waals surface area contributed by atoms with E-state index in [1.54, 1.807) is 0 Å². The van der Waals surface area contributed by atoms with Crippen LogP contribution in [-0.4, -0.2) is 12.1 Å². The molecule has 0 heterocycles. The van der Waals surface area contributed by atoms with E-state index >= 15 is 0 Å². The van der Waals surface area contributed by atoms with Crippen molar-refractivity contribution in [3.05, 3.63) is 34.3 Å². The fraction of sp³-hybridized carbons (Fsp3) is 0.667. The SMILES string of the molecule is CCCC1CC(CNC(C)(C)C)(c2cccc(Br)c2)C1. The molecule has 1 aromatic carbocycles. The summed E-state index contributed by atoms with van der Waals surface area (Å²) in [4.78, 5) is 0. The summed E-state index contributed by atoms with van der Waals surface area (Å²) < 4.78 is 1.20. The fourth-order valence-electron chi connectivity index (χ4n) is 3.39. The zero-order chi connectivity index (χ0) is 14.8. The highest BCUT2D eigenvalue weighted by Crippen LogP contribution is 2.49. The third-order valence-electron chi connectivity index (χ3n) is 4.45. The number of halogens is 1. The third-order valence-corrected chi connectivity index (χ3v) is 4.94. The average Bonchev–Trinajstić information content (AvgIpc) is 2.31. The lowest BCUT2D eigenvalue weighted by Crippen LogP contribution is -2.52. The second kappa shape index (κ2) is 6.19. The highest BCUT2D eigenvalue weighted by atomic mass is 79.9. The maximum atomic E-state index is 3.73. The first-order valence-corrected chi connectivity index (χ1v) is 8.65. The molecule has 0 aromatic heterocycles. The molecule has 1 aliphatic carbocycles. The normalized spacial score (nSPS) is 26.4. The van der Waals surface area contributed by atoms with Gasteiger partial charge < -0.3 is 5.32 Å². The van der Waals surface area contributed by atoms with Gasteiger partial charge in [-0.25, -0.2) is 0 Å². The lowest BCUT2D eigenvalue weighted by Gasteiger charge is -2.50. The molecule has 2 rings (SSSR count). The van der Waals surface area contributed by atoms with Crippen LogP contribution in [0.1, 0.15) is 58.9 Å². The summed E-state index contributed by atoms with van der Waals surface area (Å²) in [6.07, 6.45) is 5.36. The van der Waals surface area contributed by atoms with Crippen LogP contribution in [0.15, 0.2) is 28.7 Å². The Labute approximate surface area is 132 Å². The van der Waals surface area contributed by atoms with E-state index in [-0.39, 0.29) is 5.54 Å². The van der Waals surface area contributed by atoms with Crippen LogP contribution in [0.4, 0.5) is 0 Å². The zero-order valence-corrected chi connectivity index (χ0v) is 14.9. The molecular formula is C18H28BrN. The van der Waals surface area contributed by atoms with Crippen molar-refractivity contribution in [3.63, 3.8) is 0 Å². The lowest BCUT2D eigenvalue weighted by atomic mass is 9.57. The van der Waals surface area contributed by atoms with Crippen molar-refractivity contribution >= 4 is 15.9 Å². The van der Waals surface area contributed by atoms with Gasteiger partial charge in [0.1, 0.15) is 0 Å². The molecule has 0 aliphatic heterocycles. The Hall–Kier alpha value is -0.340. The van der Waals surface area contributed by atoms with Crippen LogP contribution in [0.2, 0.25) is 0 Å². The van der Waals surface area contributed by atoms with Gasteiger partial charge in [-0.1, -0.05) is 47.8 Å². The molecule has 1 saturated carbocycles. The van der Waals surface area contributed by atoms with Gasteiger partial charge in [-0.15, -0.1) is 0 Å². The van der Waals surface area contributed by atoms with Crippen LogP contribution in [0, 0.1) is 5.92 Å². The lowest BCUT2D eigenvalue weighted by molar-refractivity contribution is 0.120. The van der Waals surface area contributed by atoms with E-state index in [0.29, 0.717) is 5.41 Å². The second-order valence-electron chi connectivity index (χ2n) is 7.46. The first kappa shape index (κ1) is 16.0. The van der Waals surface area contributed by atoms with Crippen LogP contribution in [0.25, 0.3) is 0 Å². The maximum Gasteiger partial charge on any atom is 0.0178 e. The van der Waals surface area contributed by atoms with Gasteiger partial charge in [0.05, 0.1) is 0 Å². The van der Waals surface area contributed by atoms with Crippen molar-refractivity contribution in [2.45, 2.75) is 64.3 Å². The molecule has 1 fully saturated rings. The summed E-state index contributed by atoms with van der Waals surface area (Å²) in [5.41, 5.74) is 2.03. The predicted molar refractivity (Wildman–Crippen MR) is 91.2 cm³/mol. The Balaban J connectivity index is 2.14. The van der Waals surface area contributed by atoms with Crippen LogP contribution in [-0.2, 0) is 5.41 Å². The van der Waals surface area contributed by atoms with Gasteiger partial charge in [-0.3, -0.25) is 0 Å². The fourth-order valence-corrected chi connectivity index (χ4v) is 3.79. The van der Waals surface area contributed by atoms with Gasteiger partial charge in [0, 0.05) is 22.0 Å². The summed E-state index contributed by atoms with van der Waals surface area (Å²) in [6.45, 7) is 10.1. The molecule has 1 aromatic rings. The summed E-state index contributed by atoms with van der Waals surface area (Å²) in [5.74, 6) is 0.917. The van der Waals surface area contributed by atoms with Crippen molar-refractivity contribution in [1.82, 2.24) is 5.32 Å². The second-order valence-corrected chi connectivity index (χ2v) is 8.37. The van der Waals surface area contributed by atoms with Crippen LogP contribution < -0.4 is 5.32 Å². The van der Waals surface area contributed by atoms with Crippen molar-refractivity contribution in [3.8, 4) is 0 Å². The largest absolute Gasteiger partial charge is 0.311 e. The molecular weight excluding hydrogens is 310 g/mol. The zero-order valence-electron chi connectivity index (χ0n) is 13.3. The van der Waals surface area contributed by atoms with Crippen LogP contribution in [0.5, 0.6) is 0 Å². The Kier molecular flexibility index (Phi) is 4.96. The molecule has 0 saturated heterocycles. The van der Waals surface area contributed by atoms with Crippen molar-refractivity contribution < 1.29 is 0 Å². The number of hydrogen-bond donors (Lipinski definition) is 1. The molecule has 20 heavy (non-hydrogen) atoms. The van der Waals surface area contributed by atoms with E-state index in [1.807, 2.05) is 0 Å². The highest BCUT2D eigenvalue weighted by molar-refractivity contribution is 9.10. The molecule has 0 amide bonds. The topological polar surface area (TPSA) is 12.0 Å². The van der Waals surface area contributed by atoms with E-state index < -0.39 is 0 Å². The van der Waals surface area contributed by atoms with Gasteiger partial charge in [0.25, 0.3) is 0 Å². The molecule has 0 radical (unpaired) electrons. The molecule has 0 bridgehead atoms. The monoisotopic (exact) mass is 337 g/mol. The minimum atomic E-state index is 0.189. The molecule has 0 unspecified atom stereocenters. The number of nitrogens with one attached hydrogen (secondary N) is 1. The van der Waals surface area contributed by atoms with E-state index in [0.717, 1.165) is 12.5 Å². The molecule has 112 valence electrons. The summed E-state index contributed by atoms with van der Waals surface area (Å²) >= 11 is 3.62. The predicted octanol–water partition coefficient (Wildman–Crippen LogP) is 5.29. The van der Waals surface area contributed by atoms with Gasteiger partial charge in [-0.05, 0) is 57.2 Å². The summed E-state index contributed by atoms with van der Waals surface area (Å²) in [7, 11) is 0. The Morgan fingerprint density at radius 2 is 2.00 bits per heavy atom. The third kappa shape index (κ3) is 3.85. The van der Waals surface area contributed by atoms with Gasteiger partial charge in [-0.2, -0.15) is 0 Å². The van der Waals surface area contributed by atoms with Gasteiger partial charge in [0.15, 0.2) is 0 Å². The maximum absolute atomic E-state index is 3.73. The number of hydrogen-bond acceptors (Lipinski definition) is 1. The van der Waals surface area contributed by atoms with Gasteiger partial charge in [0.2, 0.25) is 0 Å². The first-order valence-electron chi connectivity index (χ1n) is 7.86. The standard InChI is InChI=1S/C18H28BrN/c1-5-7-14-11-18(12-14,13-20-17(2,3)4)15-8-6-9-16(19)10-15/h6,8-10,14,20H,5,7,11-13H2,1-4H3. The Bertz CT molecular complexity index is 441. The summed E-state index contributed by atoms with van der Waals surface area (Å²) in [5, 5.41) is 3.73. The molecule has 0 spiro atoms. The van der Waals surface area contributed by atoms with E-state index in [2.05, 4.69) is 73.2 Å². The first-order chi connectivity index (χ1) is 9.35. The highest BCUT2D eigenvalue weighted by Gasteiger charge is 2.45. The van der Waals surface area contributed by atoms with Gasteiger partial charge >= 0.3 is 0 Å². The van der Waals surface area contributed by atoms with Crippen molar-refractivity contribution in [2.24, 2.45) is 5.92 Å². The molecule has 0 atom stereocenters. The van der Waals surface area contributed by atoms with E-state index in [4.69, 9.17) is 0 Å².